The van der Waals surface area contributed by atoms with Gasteiger partial charge in [0.25, 0.3) is 0 Å². The third kappa shape index (κ3) is 2.83. The zero-order chi connectivity index (χ0) is 19.7. The first kappa shape index (κ1) is 17.9. The summed E-state index contributed by atoms with van der Waals surface area (Å²) in [6, 6.07) is 16.9. The van der Waals surface area contributed by atoms with E-state index in [0.29, 0.717) is 22.2 Å². The van der Waals surface area contributed by atoms with Crippen LogP contribution in [0.15, 0.2) is 54.6 Å². The first-order valence-corrected chi connectivity index (χ1v) is 9.12. The van der Waals surface area contributed by atoms with Gasteiger partial charge in [-0.15, -0.1) is 0 Å². The van der Waals surface area contributed by atoms with Gasteiger partial charge in [0.15, 0.2) is 0 Å². The molecule has 1 aromatic heterocycles. The topological polar surface area (TPSA) is 66.8 Å². The second-order valence-corrected chi connectivity index (χ2v) is 6.16. The molecule has 0 bridgehead atoms. The number of rotatable bonds is 3. The van der Waals surface area contributed by atoms with Gasteiger partial charge in [0.1, 0.15) is 5.75 Å². The van der Waals surface area contributed by atoms with Crippen LogP contribution in [0.1, 0.15) is 13.8 Å². The summed E-state index contributed by atoms with van der Waals surface area (Å²) in [5.74, 6) is 0.339. The van der Waals surface area contributed by atoms with Crippen molar-refractivity contribution in [1.29, 1.82) is 0 Å². The van der Waals surface area contributed by atoms with Crippen molar-refractivity contribution in [3.8, 4) is 5.75 Å². The molecular formula is C22H19NO5. The van der Waals surface area contributed by atoms with Crippen LogP contribution in [0.3, 0.4) is 0 Å². The molecule has 0 radical (unpaired) electrons. The van der Waals surface area contributed by atoms with Gasteiger partial charge in [-0.1, -0.05) is 42.5 Å². The van der Waals surface area contributed by atoms with Gasteiger partial charge in [-0.3, -0.25) is 0 Å². The van der Waals surface area contributed by atoms with Crippen molar-refractivity contribution in [2.75, 3.05) is 13.2 Å². The van der Waals surface area contributed by atoms with Crippen molar-refractivity contribution in [3.05, 3.63) is 54.6 Å². The van der Waals surface area contributed by atoms with E-state index < -0.39 is 12.2 Å². The molecule has 4 aromatic rings. The molecule has 0 amide bonds. The summed E-state index contributed by atoms with van der Waals surface area (Å²) in [6.45, 7) is 3.94. The summed E-state index contributed by atoms with van der Waals surface area (Å²) in [5.41, 5.74) is 1.32. The van der Waals surface area contributed by atoms with E-state index in [4.69, 9.17) is 14.2 Å². The molecule has 142 valence electrons. The summed E-state index contributed by atoms with van der Waals surface area (Å²) in [6.07, 6.45) is -1.26. The molecule has 0 saturated heterocycles. The minimum atomic E-state index is -0.785. The van der Waals surface area contributed by atoms with Gasteiger partial charge >= 0.3 is 12.2 Å². The fraction of sp³-hybridized carbons (Fsp3) is 0.182. The highest BCUT2D eigenvalue weighted by molar-refractivity contribution is 6.23. The first-order valence-electron chi connectivity index (χ1n) is 9.12. The fourth-order valence-corrected chi connectivity index (χ4v) is 3.49. The monoisotopic (exact) mass is 377 g/mol. The van der Waals surface area contributed by atoms with Crippen molar-refractivity contribution in [3.63, 3.8) is 0 Å². The molecule has 0 unspecified atom stereocenters. The minimum Gasteiger partial charge on any atom is -0.449 e. The average Bonchev–Trinajstić information content (AvgIpc) is 3.04. The van der Waals surface area contributed by atoms with E-state index in [-0.39, 0.29) is 13.2 Å². The van der Waals surface area contributed by atoms with Crippen molar-refractivity contribution >= 4 is 44.8 Å². The molecule has 3 aromatic carbocycles. The van der Waals surface area contributed by atoms with E-state index in [1.54, 1.807) is 19.9 Å². The largest absolute Gasteiger partial charge is 0.513 e. The number of aromatic nitrogens is 1. The highest BCUT2D eigenvalue weighted by Crippen LogP contribution is 2.40. The van der Waals surface area contributed by atoms with Gasteiger partial charge in [-0.2, -0.15) is 0 Å². The molecule has 0 saturated carbocycles. The molecular weight excluding hydrogens is 358 g/mol. The maximum absolute atomic E-state index is 12.8. The third-order valence-electron chi connectivity index (χ3n) is 4.53. The Kier molecular flexibility index (Phi) is 4.61. The fourth-order valence-electron chi connectivity index (χ4n) is 3.49. The SMILES string of the molecule is CCOC(=O)Oc1cc2ccccc2c2c1c1ccccc1n2C(=O)OCC. The number of ether oxygens (including phenoxy) is 3. The van der Waals surface area contributed by atoms with Gasteiger partial charge in [-0.25, -0.2) is 14.2 Å². The van der Waals surface area contributed by atoms with Gasteiger partial charge in [0, 0.05) is 10.8 Å². The Labute approximate surface area is 161 Å². The standard InChI is InChI=1S/C22H19NO5/c1-3-26-21(24)23-17-12-8-7-11-16(17)19-18(28-22(25)27-4-2)13-14-9-5-6-10-15(14)20(19)23/h5-13H,3-4H2,1-2H3. The molecule has 0 aliphatic carbocycles. The van der Waals surface area contributed by atoms with Crippen LogP contribution in [0, 0.1) is 0 Å². The summed E-state index contributed by atoms with van der Waals surface area (Å²) >= 11 is 0. The number of nitrogens with zero attached hydrogens (tertiary/aromatic N) is 1. The average molecular weight is 377 g/mol. The molecule has 28 heavy (non-hydrogen) atoms. The summed E-state index contributed by atoms with van der Waals surface area (Å²) < 4.78 is 17.3. The second-order valence-electron chi connectivity index (χ2n) is 6.16. The summed E-state index contributed by atoms with van der Waals surface area (Å²) in [4.78, 5) is 24.9. The van der Waals surface area contributed by atoms with Crippen molar-refractivity contribution in [1.82, 2.24) is 4.57 Å². The molecule has 6 nitrogen and oxygen atoms in total. The van der Waals surface area contributed by atoms with Gasteiger partial charge < -0.3 is 14.2 Å². The number of benzene rings is 3. The Morgan fingerprint density at radius 3 is 2.32 bits per heavy atom. The lowest BCUT2D eigenvalue weighted by Crippen LogP contribution is -2.13. The van der Waals surface area contributed by atoms with E-state index in [2.05, 4.69) is 0 Å². The third-order valence-corrected chi connectivity index (χ3v) is 4.53. The van der Waals surface area contributed by atoms with Crippen LogP contribution < -0.4 is 4.74 Å². The van der Waals surface area contributed by atoms with Crippen LogP contribution in [-0.4, -0.2) is 30.0 Å². The van der Waals surface area contributed by atoms with E-state index in [0.717, 1.165) is 16.2 Å². The second kappa shape index (κ2) is 7.23. The van der Waals surface area contributed by atoms with Crippen molar-refractivity contribution in [2.45, 2.75) is 13.8 Å². The van der Waals surface area contributed by atoms with Crippen LogP contribution in [0.25, 0.3) is 32.6 Å². The molecule has 1 heterocycles. The van der Waals surface area contributed by atoms with Crippen molar-refractivity contribution < 1.29 is 23.8 Å². The van der Waals surface area contributed by atoms with Crippen LogP contribution >= 0.6 is 0 Å². The van der Waals surface area contributed by atoms with Crippen LogP contribution in [0.4, 0.5) is 9.59 Å². The molecule has 0 fully saturated rings. The lowest BCUT2D eigenvalue weighted by Gasteiger charge is -2.11. The predicted molar refractivity (Wildman–Crippen MR) is 107 cm³/mol. The van der Waals surface area contributed by atoms with Crippen molar-refractivity contribution in [2.24, 2.45) is 0 Å². The van der Waals surface area contributed by atoms with Crippen LogP contribution in [0.5, 0.6) is 5.75 Å². The summed E-state index contributed by atoms with van der Waals surface area (Å²) in [5, 5.41) is 3.15. The Balaban J connectivity index is 2.14. The Morgan fingerprint density at radius 1 is 0.893 bits per heavy atom. The molecule has 0 N–H and O–H groups in total. The van der Waals surface area contributed by atoms with Crippen LogP contribution in [0.2, 0.25) is 0 Å². The Bertz CT molecular complexity index is 1210. The first-order chi connectivity index (χ1) is 13.7. The number of fused-ring (bicyclic) bond motifs is 5. The van der Waals surface area contributed by atoms with Gasteiger partial charge in [0.2, 0.25) is 0 Å². The highest BCUT2D eigenvalue weighted by Gasteiger charge is 2.23. The molecule has 0 aliphatic rings. The molecule has 6 heteroatoms. The smallest absolute Gasteiger partial charge is 0.449 e. The Morgan fingerprint density at radius 2 is 1.57 bits per heavy atom. The van der Waals surface area contributed by atoms with E-state index in [1.807, 2.05) is 48.5 Å². The molecule has 4 rings (SSSR count). The van der Waals surface area contributed by atoms with E-state index >= 15 is 0 Å². The Hall–Kier alpha value is -3.54. The molecule has 0 aliphatic heterocycles. The maximum atomic E-state index is 12.8. The minimum absolute atomic E-state index is 0.208. The molecule has 0 atom stereocenters. The zero-order valence-electron chi connectivity index (χ0n) is 15.6. The number of carbonyl (C=O) groups is 2. The van der Waals surface area contributed by atoms with Crippen LogP contribution in [-0.2, 0) is 9.47 Å². The van der Waals surface area contributed by atoms with Gasteiger partial charge in [-0.05, 0) is 31.4 Å². The normalized spacial score (nSPS) is 11.1. The summed E-state index contributed by atoms with van der Waals surface area (Å²) in [7, 11) is 0. The predicted octanol–water partition coefficient (Wildman–Crippen LogP) is 5.49. The lowest BCUT2D eigenvalue weighted by atomic mass is 10.0. The van der Waals surface area contributed by atoms with E-state index in [9.17, 15) is 9.59 Å². The maximum Gasteiger partial charge on any atom is 0.513 e. The van der Waals surface area contributed by atoms with Gasteiger partial charge in [0.05, 0.1) is 29.6 Å². The molecule has 0 spiro atoms. The zero-order valence-corrected chi connectivity index (χ0v) is 15.6. The van der Waals surface area contributed by atoms with E-state index in [1.165, 1.54) is 4.57 Å². The quantitative estimate of drug-likeness (QED) is 0.349. The highest BCUT2D eigenvalue weighted by atomic mass is 16.7. The number of hydrogen-bond donors (Lipinski definition) is 0. The lowest BCUT2D eigenvalue weighted by molar-refractivity contribution is 0.105. The number of para-hydroxylation sites is 1. The number of carbonyl (C=O) groups excluding carboxylic acids is 2. The number of hydrogen-bond acceptors (Lipinski definition) is 5.